The van der Waals surface area contributed by atoms with Crippen LogP contribution >= 0.6 is 23.4 Å². The van der Waals surface area contributed by atoms with Crippen molar-refractivity contribution >= 4 is 35.0 Å². The second kappa shape index (κ2) is 6.41. The first-order valence-corrected chi connectivity index (χ1v) is 7.10. The van der Waals surface area contributed by atoms with Gasteiger partial charge in [0.15, 0.2) is 5.82 Å². The summed E-state index contributed by atoms with van der Waals surface area (Å²) >= 11 is 6.83. The van der Waals surface area contributed by atoms with E-state index in [-0.39, 0.29) is 10.6 Å². The molecule has 9 heteroatoms. The molecule has 0 aliphatic rings. The lowest BCUT2D eigenvalue weighted by Crippen LogP contribution is -2.52. The van der Waals surface area contributed by atoms with Gasteiger partial charge in [0.2, 0.25) is 5.60 Å². The number of anilines is 1. The molecule has 21 heavy (non-hydrogen) atoms. The molecule has 0 saturated carbocycles. The second-order valence-corrected chi connectivity index (χ2v) is 5.88. The number of alkyl halides is 3. The molecule has 1 amide bonds. The zero-order chi connectivity index (χ0) is 16.4. The smallest absolute Gasteiger partial charge is 0.373 e. The van der Waals surface area contributed by atoms with Crippen LogP contribution in [0.2, 0.25) is 5.02 Å². The van der Waals surface area contributed by atoms with Crippen LogP contribution in [-0.4, -0.2) is 28.5 Å². The molecule has 0 unspecified atom stereocenters. The van der Waals surface area contributed by atoms with Crippen LogP contribution in [0.5, 0.6) is 0 Å². The lowest BCUT2D eigenvalue weighted by atomic mass is 10.1. The van der Waals surface area contributed by atoms with Crippen molar-refractivity contribution in [1.29, 1.82) is 0 Å². The predicted molar refractivity (Wildman–Crippen MR) is 73.1 cm³/mol. The number of nitrogens with one attached hydrogen (secondary N) is 1. The van der Waals surface area contributed by atoms with Crippen molar-refractivity contribution in [3.63, 3.8) is 0 Å². The van der Waals surface area contributed by atoms with Crippen LogP contribution in [0.1, 0.15) is 13.8 Å². The van der Waals surface area contributed by atoms with Crippen LogP contribution in [0.15, 0.2) is 17.0 Å². The van der Waals surface area contributed by atoms with Crippen molar-refractivity contribution in [2.75, 3.05) is 11.1 Å². The molecular formula is C12H12ClF4NO2S. The minimum absolute atomic E-state index is 0.211. The van der Waals surface area contributed by atoms with Crippen molar-refractivity contribution < 1.29 is 27.5 Å². The Labute approximate surface area is 127 Å². The molecule has 0 bridgehead atoms. The topological polar surface area (TPSA) is 49.3 Å². The van der Waals surface area contributed by atoms with E-state index in [1.54, 1.807) is 12.2 Å². The minimum Gasteiger partial charge on any atom is -0.373 e. The molecule has 1 aromatic rings. The Morgan fingerprint density at radius 2 is 2.00 bits per heavy atom. The molecular weight excluding hydrogens is 334 g/mol. The van der Waals surface area contributed by atoms with E-state index in [4.69, 9.17) is 11.6 Å². The summed E-state index contributed by atoms with van der Waals surface area (Å²) in [7, 11) is 0. The first-order valence-electron chi connectivity index (χ1n) is 5.73. The monoisotopic (exact) mass is 345 g/mol. The van der Waals surface area contributed by atoms with E-state index in [0.717, 1.165) is 11.8 Å². The van der Waals surface area contributed by atoms with E-state index in [9.17, 15) is 27.5 Å². The molecule has 3 nitrogen and oxygen atoms in total. The predicted octanol–water partition coefficient (Wildman–Crippen LogP) is 3.84. The van der Waals surface area contributed by atoms with Gasteiger partial charge in [-0.15, -0.1) is 11.8 Å². The summed E-state index contributed by atoms with van der Waals surface area (Å²) in [6.45, 7) is 2.09. The number of carbonyl (C=O) groups excluding carboxylic acids is 1. The zero-order valence-electron chi connectivity index (χ0n) is 11.0. The van der Waals surface area contributed by atoms with Crippen LogP contribution in [-0.2, 0) is 4.79 Å². The largest absolute Gasteiger partial charge is 0.426 e. The standard InChI is InChI=1S/C12H12ClF4NO2S/c1-3-21-7-5-4-6(8(13)9(7)14)18-10(19)11(2,20)12(15,16)17/h4-5,20H,3H2,1-2H3,(H,18,19)/t11-/m1/s1. The number of aliphatic hydroxyl groups is 1. The summed E-state index contributed by atoms with van der Waals surface area (Å²) < 4.78 is 51.4. The van der Waals surface area contributed by atoms with E-state index < -0.39 is 28.5 Å². The molecule has 0 radical (unpaired) electrons. The van der Waals surface area contributed by atoms with Crippen LogP contribution in [0.4, 0.5) is 23.2 Å². The molecule has 1 rings (SSSR count). The van der Waals surface area contributed by atoms with Gasteiger partial charge in [0.25, 0.3) is 5.91 Å². The molecule has 0 aliphatic heterocycles. The highest BCUT2D eigenvalue weighted by Gasteiger charge is 2.55. The van der Waals surface area contributed by atoms with Gasteiger partial charge in [0, 0.05) is 4.90 Å². The van der Waals surface area contributed by atoms with Gasteiger partial charge in [0.1, 0.15) is 5.02 Å². The van der Waals surface area contributed by atoms with Gasteiger partial charge < -0.3 is 10.4 Å². The molecule has 1 atom stereocenters. The maximum absolute atomic E-state index is 13.8. The average Bonchev–Trinajstić information content (AvgIpc) is 2.37. The van der Waals surface area contributed by atoms with Gasteiger partial charge in [-0.25, -0.2) is 4.39 Å². The van der Waals surface area contributed by atoms with Crippen LogP contribution in [0.3, 0.4) is 0 Å². The lowest BCUT2D eigenvalue weighted by Gasteiger charge is -2.25. The fraction of sp³-hybridized carbons (Fsp3) is 0.417. The fourth-order valence-electron chi connectivity index (χ4n) is 1.27. The SMILES string of the molecule is CCSc1ccc(NC(=O)[C@@](C)(O)C(F)(F)F)c(Cl)c1F. The highest BCUT2D eigenvalue weighted by molar-refractivity contribution is 7.99. The number of hydrogen-bond donors (Lipinski definition) is 2. The third-order valence-corrected chi connectivity index (χ3v) is 3.87. The molecule has 118 valence electrons. The second-order valence-electron chi connectivity index (χ2n) is 4.20. The number of amides is 1. The summed E-state index contributed by atoms with van der Waals surface area (Å²) in [4.78, 5) is 11.7. The first kappa shape index (κ1) is 18.1. The highest BCUT2D eigenvalue weighted by Crippen LogP contribution is 2.35. The Hall–Kier alpha value is -0.990. The third kappa shape index (κ3) is 3.81. The molecule has 1 aromatic carbocycles. The highest BCUT2D eigenvalue weighted by atomic mass is 35.5. The fourth-order valence-corrected chi connectivity index (χ4v) is 2.24. The van der Waals surface area contributed by atoms with Gasteiger partial charge in [-0.2, -0.15) is 13.2 Å². The Morgan fingerprint density at radius 3 is 2.48 bits per heavy atom. The summed E-state index contributed by atoms with van der Waals surface area (Å²) in [6, 6.07) is 2.46. The Morgan fingerprint density at radius 1 is 1.43 bits per heavy atom. The third-order valence-electron chi connectivity index (χ3n) is 2.59. The van der Waals surface area contributed by atoms with Crippen LogP contribution in [0, 0.1) is 5.82 Å². The molecule has 0 fully saturated rings. The van der Waals surface area contributed by atoms with Crippen molar-refractivity contribution in [1.82, 2.24) is 0 Å². The summed E-state index contributed by atoms with van der Waals surface area (Å²) in [5, 5.41) is 10.5. The first-order chi connectivity index (χ1) is 9.52. The molecule has 0 aromatic heterocycles. The van der Waals surface area contributed by atoms with Crippen LogP contribution in [0.25, 0.3) is 0 Å². The maximum atomic E-state index is 13.8. The number of thioether (sulfide) groups is 1. The van der Waals surface area contributed by atoms with Crippen molar-refractivity contribution in [2.24, 2.45) is 0 Å². The van der Waals surface area contributed by atoms with E-state index in [0.29, 0.717) is 12.7 Å². The van der Waals surface area contributed by atoms with E-state index in [1.165, 1.54) is 12.1 Å². The number of benzene rings is 1. The maximum Gasteiger partial charge on any atom is 0.426 e. The minimum atomic E-state index is -5.17. The Bertz CT molecular complexity index is 549. The van der Waals surface area contributed by atoms with Gasteiger partial charge in [-0.1, -0.05) is 18.5 Å². The van der Waals surface area contributed by atoms with Crippen molar-refractivity contribution in [3.8, 4) is 0 Å². The van der Waals surface area contributed by atoms with E-state index >= 15 is 0 Å². The molecule has 0 saturated heterocycles. The quantitative estimate of drug-likeness (QED) is 0.644. The lowest BCUT2D eigenvalue weighted by molar-refractivity contribution is -0.242. The van der Waals surface area contributed by atoms with E-state index in [1.807, 2.05) is 0 Å². The van der Waals surface area contributed by atoms with E-state index in [2.05, 4.69) is 0 Å². The normalized spacial score (nSPS) is 14.7. The average molecular weight is 346 g/mol. The number of rotatable bonds is 4. The molecule has 0 spiro atoms. The Kier molecular flexibility index (Phi) is 5.51. The molecule has 0 heterocycles. The van der Waals surface area contributed by atoms with Crippen molar-refractivity contribution in [2.45, 2.75) is 30.5 Å². The number of hydrogen-bond acceptors (Lipinski definition) is 3. The molecule has 0 aliphatic carbocycles. The summed E-state index contributed by atoms with van der Waals surface area (Å²) in [5.41, 5.74) is -3.95. The number of carbonyl (C=O) groups is 1. The summed E-state index contributed by atoms with van der Waals surface area (Å²) in [6.07, 6.45) is -5.17. The van der Waals surface area contributed by atoms with Gasteiger partial charge in [0.05, 0.1) is 5.69 Å². The van der Waals surface area contributed by atoms with Gasteiger partial charge >= 0.3 is 6.18 Å². The summed E-state index contributed by atoms with van der Waals surface area (Å²) in [5.74, 6) is -2.01. The number of halogens is 5. The Balaban J connectivity index is 3.05. The van der Waals surface area contributed by atoms with Crippen LogP contribution < -0.4 is 5.32 Å². The molecule has 2 N–H and O–H groups in total. The zero-order valence-corrected chi connectivity index (χ0v) is 12.6. The van der Waals surface area contributed by atoms with Gasteiger partial charge in [-0.3, -0.25) is 4.79 Å². The van der Waals surface area contributed by atoms with Gasteiger partial charge in [-0.05, 0) is 24.8 Å². The van der Waals surface area contributed by atoms with Crippen molar-refractivity contribution in [3.05, 3.63) is 23.0 Å².